The van der Waals surface area contributed by atoms with Crippen molar-refractivity contribution in [3.8, 4) is 17.2 Å². The smallest absolute Gasteiger partial charge is 0.224 e. The molecule has 4 rings (SSSR count). The standard InChI is InChI=1S/C25H30FN5O4/c1-33-20-8-7-18(24(34-2)25(20)35-3)16-30-10-9-21-28-29-22(31(21)12-11-30)15-27-23(32)14-17-5-4-6-19(26)13-17/h4-8,13H,9-12,14-16H2,1-3H3,(H,27,32). The first-order chi connectivity index (χ1) is 17.0. The van der Waals surface area contributed by atoms with Gasteiger partial charge in [0, 0.05) is 38.2 Å². The van der Waals surface area contributed by atoms with E-state index in [9.17, 15) is 9.18 Å². The fourth-order valence-corrected chi connectivity index (χ4v) is 4.32. The molecule has 0 unspecified atom stereocenters. The summed E-state index contributed by atoms with van der Waals surface area (Å²) in [5.41, 5.74) is 1.64. The van der Waals surface area contributed by atoms with Crippen LogP contribution < -0.4 is 19.5 Å². The van der Waals surface area contributed by atoms with E-state index in [1.54, 1.807) is 33.5 Å². The number of nitrogens with zero attached hydrogens (tertiary/aromatic N) is 4. The van der Waals surface area contributed by atoms with Crippen molar-refractivity contribution in [2.45, 2.75) is 32.5 Å². The van der Waals surface area contributed by atoms with E-state index in [2.05, 4.69) is 25.0 Å². The Morgan fingerprint density at radius 2 is 1.86 bits per heavy atom. The van der Waals surface area contributed by atoms with Crippen LogP contribution in [0.5, 0.6) is 17.2 Å². The molecule has 2 heterocycles. The largest absolute Gasteiger partial charge is 0.493 e. The molecular formula is C25H30FN5O4. The summed E-state index contributed by atoms with van der Waals surface area (Å²) < 4.78 is 32.0. The number of halogens is 1. The summed E-state index contributed by atoms with van der Waals surface area (Å²) in [5.74, 6) is 2.92. The topological polar surface area (TPSA) is 90.7 Å². The van der Waals surface area contributed by atoms with Crippen LogP contribution in [0.3, 0.4) is 0 Å². The molecule has 35 heavy (non-hydrogen) atoms. The molecule has 0 saturated heterocycles. The molecule has 186 valence electrons. The van der Waals surface area contributed by atoms with Gasteiger partial charge in [0.1, 0.15) is 11.6 Å². The van der Waals surface area contributed by atoms with E-state index < -0.39 is 0 Å². The van der Waals surface area contributed by atoms with Gasteiger partial charge in [-0.3, -0.25) is 9.69 Å². The highest BCUT2D eigenvalue weighted by Crippen LogP contribution is 2.40. The number of hydrogen-bond acceptors (Lipinski definition) is 7. The van der Waals surface area contributed by atoms with Crippen LogP contribution in [-0.4, -0.2) is 60.0 Å². The molecule has 0 fully saturated rings. The van der Waals surface area contributed by atoms with Crippen LogP contribution in [0.4, 0.5) is 4.39 Å². The molecule has 0 bridgehead atoms. The third-order valence-corrected chi connectivity index (χ3v) is 6.07. The van der Waals surface area contributed by atoms with Gasteiger partial charge in [0.15, 0.2) is 17.3 Å². The molecule has 0 saturated carbocycles. The number of rotatable bonds is 9. The van der Waals surface area contributed by atoms with Crippen LogP contribution in [0, 0.1) is 5.82 Å². The maximum absolute atomic E-state index is 13.4. The first-order valence-corrected chi connectivity index (χ1v) is 11.4. The zero-order valence-corrected chi connectivity index (χ0v) is 20.2. The lowest BCUT2D eigenvalue weighted by Gasteiger charge is -2.22. The number of ether oxygens (including phenoxy) is 3. The summed E-state index contributed by atoms with van der Waals surface area (Å²) in [7, 11) is 4.82. The maximum atomic E-state index is 13.4. The van der Waals surface area contributed by atoms with Crippen molar-refractivity contribution in [3.63, 3.8) is 0 Å². The molecule has 10 heteroatoms. The summed E-state index contributed by atoms with van der Waals surface area (Å²) >= 11 is 0. The van der Waals surface area contributed by atoms with Gasteiger partial charge in [0.25, 0.3) is 0 Å². The zero-order valence-electron chi connectivity index (χ0n) is 20.2. The lowest BCUT2D eigenvalue weighted by molar-refractivity contribution is -0.120. The minimum Gasteiger partial charge on any atom is -0.493 e. The van der Waals surface area contributed by atoms with E-state index in [1.807, 2.05) is 12.1 Å². The number of carbonyl (C=O) groups excluding carboxylic acids is 1. The van der Waals surface area contributed by atoms with Gasteiger partial charge in [0.05, 0.1) is 34.3 Å². The van der Waals surface area contributed by atoms with Gasteiger partial charge in [-0.1, -0.05) is 18.2 Å². The molecule has 1 N–H and O–H groups in total. The molecule has 9 nitrogen and oxygen atoms in total. The Labute approximate surface area is 203 Å². The molecule has 1 aliphatic heterocycles. The van der Waals surface area contributed by atoms with Crippen LogP contribution >= 0.6 is 0 Å². The van der Waals surface area contributed by atoms with E-state index in [-0.39, 0.29) is 24.7 Å². The van der Waals surface area contributed by atoms with E-state index in [4.69, 9.17) is 14.2 Å². The Hall–Kier alpha value is -3.66. The van der Waals surface area contributed by atoms with Crippen LogP contribution in [0.25, 0.3) is 0 Å². The van der Waals surface area contributed by atoms with E-state index in [1.165, 1.54) is 12.1 Å². The Morgan fingerprint density at radius 1 is 1.03 bits per heavy atom. The fraction of sp³-hybridized carbons (Fsp3) is 0.400. The van der Waals surface area contributed by atoms with Crippen molar-refractivity contribution in [2.75, 3.05) is 34.4 Å². The average molecular weight is 484 g/mol. The molecule has 3 aromatic rings. The van der Waals surface area contributed by atoms with E-state index >= 15 is 0 Å². The third-order valence-electron chi connectivity index (χ3n) is 6.07. The summed E-state index contributed by atoms with van der Waals surface area (Å²) in [4.78, 5) is 14.7. The second-order valence-corrected chi connectivity index (χ2v) is 8.29. The van der Waals surface area contributed by atoms with Crippen molar-refractivity contribution in [1.82, 2.24) is 25.0 Å². The molecule has 0 spiro atoms. The first kappa shape index (κ1) is 24.5. The van der Waals surface area contributed by atoms with Crippen molar-refractivity contribution in [1.29, 1.82) is 0 Å². The van der Waals surface area contributed by atoms with Crippen molar-refractivity contribution >= 4 is 5.91 Å². The molecule has 1 amide bonds. The number of fused-ring (bicyclic) bond motifs is 1. The highest BCUT2D eigenvalue weighted by Gasteiger charge is 2.22. The fourth-order valence-electron chi connectivity index (χ4n) is 4.32. The molecule has 2 aromatic carbocycles. The number of amides is 1. The Balaban J connectivity index is 1.37. The van der Waals surface area contributed by atoms with Crippen molar-refractivity contribution < 1.29 is 23.4 Å². The van der Waals surface area contributed by atoms with E-state index in [0.717, 1.165) is 30.9 Å². The predicted octanol–water partition coefficient (Wildman–Crippen LogP) is 2.36. The Bertz CT molecular complexity index is 1180. The normalized spacial score (nSPS) is 13.6. The van der Waals surface area contributed by atoms with Gasteiger partial charge >= 0.3 is 0 Å². The van der Waals surface area contributed by atoms with Crippen LogP contribution in [-0.2, 0) is 37.3 Å². The molecule has 1 aromatic heterocycles. The number of hydrogen-bond donors (Lipinski definition) is 1. The second kappa shape index (κ2) is 11.2. The van der Waals surface area contributed by atoms with Gasteiger partial charge in [-0.05, 0) is 23.8 Å². The highest BCUT2D eigenvalue weighted by molar-refractivity contribution is 5.78. The summed E-state index contributed by atoms with van der Waals surface area (Å²) in [6, 6.07) is 9.92. The first-order valence-electron chi connectivity index (χ1n) is 11.4. The zero-order chi connectivity index (χ0) is 24.8. The van der Waals surface area contributed by atoms with Gasteiger partial charge in [-0.2, -0.15) is 0 Å². The number of aromatic nitrogens is 3. The lowest BCUT2D eigenvalue weighted by atomic mass is 10.1. The highest BCUT2D eigenvalue weighted by atomic mass is 19.1. The number of methoxy groups -OCH3 is 3. The predicted molar refractivity (Wildman–Crippen MR) is 127 cm³/mol. The number of benzene rings is 2. The SMILES string of the molecule is COc1ccc(CN2CCc3nnc(CNC(=O)Cc4cccc(F)c4)n3CC2)c(OC)c1OC. The van der Waals surface area contributed by atoms with Gasteiger partial charge < -0.3 is 24.1 Å². The minimum atomic E-state index is -0.353. The molecular weight excluding hydrogens is 453 g/mol. The number of carbonyl (C=O) groups is 1. The lowest BCUT2D eigenvalue weighted by Crippen LogP contribution is -2.28. The Kier molecular flexibility index (Phi) is 7.81. The van der Waals surface area contributed by atoms with Gasteiger partial charge in [-0.25, -0.2) is 4.39 Å². The summed E-state index contributed by atoms with van der Waals surface area (Å²) in [6.07, 6.45) is 0.847. The van der Waals surface area contributed by atoms with E-state index in [0.29, 0.717) is 41.7 Å². The van der Waals surface area contributed by atoms with Gasteiger partial charge in [0.2, 0.25) is 11.7 Å². The third kappa shape index (κ3) is 5.71. The van der Waals surface area contributed by atoms with Gasteiger partial charge in [-0.15, -0.1) is 10.2 Å². The second-order valence-electron chi connectivity index (χ2n) is 8.29. The van der Waals surface area contributed by atoms with Crippen LogP contribution in [0.2, 0.25) is 0 Å². The molecule has 0 aliphatic carbocycles. The quantitative estimate of drug-likeness (QED) is 0.500. The van der Waals surface area contributed by atoms with Crippen molar-refractivity contribution in [3.05, 3.63) is 65.0 Å². The number of nitrogens with one attached hydrogen (secondary N) is 1. The maximum Gasteiger partial charge on any atom is 0.224 e. The molecule has 1 aliphatic rings. The minimum absolute atomic E-state index is 0.111. The molecule has 0 radical (unpaired) electrons. The average Bonchev–Trinajstić information content (AvgIpc) is 3.14. The summed E-state index contributed by atoms with van der Waals surface area (Å²) in [6.45, 7) is 3.24. The molecule has 0 atom stereocenters. The summed E-state index contributed by atoms with van der Waals surface area (Å²) in [5, 5.41) is 11.5. The van der Waals surface area contributed by atoms with Crippen molar-refractivity contribution in [2.24, 2.45) is 0 Å². The van der Waals surface area contributed by atoms with Crippen LogP contribution in [0.15, 0.2) is 36.4 Å². The monoisotopic (exact) mass is 483 g/mol. The Morgan fingerprint density at radius 3 is 2.60 bits per heavy atom. The van der Waals surface area contributed by atoms with Crippen LogP contribution in [0.1, 0.15) is 22.8 Å².